The summed E-state index contributed by atoms with van der Waals surface area (Å²) in [5, 5.41) is 8.90. The smallest absolute Gasteiger partial charge is 0.303 e. The molecule has 0 radical (unpaired) electrons. The van der Waals surface area contributed by atoms with E-state index in [1.807, 2.05) is 0 Å². The fourth-order valence-electron chi connectivity index (χ4n) is 3.34. The largest absolute Gasteiger partial charge is 0.481 e. The molecule has 2 aliphatic carbocycles. The van der Waals surface area contributed by atoms with Crippen LogP contribution in [0.3, 0.4) is 0 Å². The average Bonchev–Trinajstić information content (AvgIpc) is 2.97. The first kappa shape index (κ1) is 12.9. The SMILES string of the molecule is CN(CC1CCCCC1)CC1(CC(=O)O)CC1. The van der Waals surface area contributed by atoms with Crippen LogP contribution in [0.1, 0.15) is 51.4 Å². The van der Waals surface area contributed by atoms with Crippen molar-refractivity contribution in [1.82, 2.24) is 4.90 Å². The van der Waals surface area contributed by atoms with E-state index < -0.39 is 5.97 Å². The van der Waals surface area contributed by atoms with Gasteiger partial charge in [0.2, 0.25) is 0 Å². The average molecular weight is 239 g/mol. The summed E-state index contributed by atoms with van der Waals surface area (Å²) < 4.78 is 0. The van der Waals surface area contributed by atoms with Gasteiger partial charge in [-0.15, -0.1) is 0 Å². The van der Waals surface area contributed by atoms with Gasteiger partial charge in [0.1, 0.15) is 0 Å². The fraction of sp³-hybridized carbons (Fsp3) is 0.929. The zero-order valence-electron chi connectivity index (χ0n) is 11.0. The van der Waals surface area contributed by atoms with Gasteiger partial charge in [-0.3, -0.25) is 4.79 Å². The van der Waals surface area contributed by atoms with Crippen molar-refractivity contribution in [2.45, 2.75) is 51.4 Å². The molecule has 0 aliphatic heterocycles. The van der Waals surface area contributed by atoms with Gasteiger partial charge in [-0.1, -0.05) is 19.3 Å². The zero-order chi connectivity index (χ0) is 12.3. The first-order valence-corrected chi connectivity index (χ1v) is 7.00. The Morgan fingerprint density at radius 2 is 1.94 bits per heavy atom. The van der Waals surface area contributed by atoms with Crippen LogP contribution in [0.5, 0.6) is 0 Å². The van der Waals surface area contributed by atoms with Gasteiger partial charge < -0.3 is 10.0 Å². The molecule has 1 N–H and O–H groups in total. The third-order valence-electron chi connectivity index (χ3n) is 4.38. The fourth-order valence-corrected chi connectivity index (χ4v) is 3.34. The van der Waals surface area contributed by atoms with E-state index in [-0.39, 0.29) is 5.41 Å². The molecule has 0 atom stereocenters. The second kappa shape index (κ2) is 5.38. The first-order chi connectivity index (χ1) is 8.10. The number of carbonyl (C=O) groups is 1. The highest BCUT2D eigenvalue weighted by atomic mass is 16.4. The van der Waals surface area contributed by atoms with Crippen molar-refractivity contribution in [2.75, 3.05) is 20.1 Å². The van der Waals surface area contributed by atoms with Crippen LogP contribution in [0.4, 0.5) is 0 Å². The molecule has 0 heterocycles. The lowest BCUT2D eigenvalue weighted by Gasteiger charge is -2.29. The summed E-state index contributed by atoms with van der Waals surface area (Å²) in [6, 6.07) is 0. The topological polar surface area (TPSA) is 40.5 Å². The molecule has 0 amide bonds. The van der Waals surface area contributed by atoms with Crippen LogP contribution in [-0.2, 0) is 4.79 Å². The van der Waals surface area contributed by atoms with Crippen LogP contribution in [0.15, 0.2) is 0 Å². The number of carboxylic acids is 1. The van der Waals surface area contributed by atoms with Gasteiger partial charge in [-0.05, 0) is 44.1 Å². The van der Waals surface area contributed by atoms with Gasteiger partial charge in [0.05, 0.1) is 6.42 Å². The lowest BCUT2D eigenvalue weighted by molar-refractivity contribution is -0.138. The van der Waals surface area contributed by atoms with Crippen LogP contribution in [0.25, 0.3) is 0 Å². The molecule has 2 aliphatic rings. The van der Waals surface area contributed by atoms with Crippen LogP contribution in [-0.4, -0.2) is 36.1 Å². The molecule has 0 saturated heterocycles. The second-order valence-electron chi connectivity index (χ2n) is 6.27. The van der Waals surface area contributed by atoms with Crippen molar-refractivity contribution in [3.8, 4) is 0 Å². The predicted molar refractivity (Wildman–Crippen MR) is 68.0 cm³/mol. The maximum Gasteiger partial charge on any atom is 0.303 e. The van der Waals surface area contributed by atoms with Crippen molar-refractivity contribution in [2.24, 2.45) is 11.3 Å². The molecular formula is C14H25NO2. The van der Waals surface area contributed by atoms with E-state index in [9.17, 15) is 4.79 Å². The van der Waals surface area contributed by atoms with Gasteiger partial charge in [-0.2, -0.15) is 0 Å². The Kier molecular flexibility index (Phi) is 4.08. The van der Waals surface area contributed by atoms with Gasteiger partial charge in [0, 0.05) is 13.1 Å². The number of hydrogen-bond acceptors (Lipinski definition) is 2. The van der Waals surface area contributed by atoms with E-state index in [2.05, 4.69) is 11.9 Å². The van der Waals surface area contributed by atoms with E-state index in [0.29, 0.717) is 6.42 Å². The summed E-state index contributed by atoms with van der Waals surface area (Å²) in [5.41, 5.74) is 0.120. The van der Waals surface area contributed by atoms with E-state index in [4.69, 9.17) is 5.11 Å². The second-order valence-corrected chi connectivity index (χ2v) is 6.27. The predicted octanol–water partition coefficient (Wildman–Crippen LogP) is 2.75. The van der Waals surface area contributed by atoms with Crippen molar-refractivity contribution in [3.63, 3.8) is 0 Å². The van der Waals surface area contributed by atoms with Crippen LogP contribution >= 0.6 is 0 Å². The third kappa shape index (κ3) is 3.98. The van der Waals surface area contributed by atoms with Gasteiger partial charge in [0.25, 0.3) is 0 Å². The van der Waals surface area contributed by atoms with Crippen molar-refractivity contribution >= 4 is 5.97 Å². The Morgan fingerprint density at radius 3 is 2.47 bits per heavy atom. The molecule has 2 saturated carbocycles. The summed E-state index contributed by atoms with van der Waals surface area (Å²) in [5.74, 6) is 0.225. The summed E-state index contributed by atoms with van der Waals surface area (Å²) in [4.78, 5) is 13.2. The normalized spacial score (nSPS) is 23.9. The Bertz CT molecular complexity index is 267. The molecule has 0 unspecified atom stereocenters. The monoisotopic (exact) mass is 239 g/mol. The van der Waals surface area contributed by atoms with Gasteiger partial charge in [0.15, 0.2) is 0 Å². The summed E-state index contributed by atoms with van der Waals surface area (Å²) in [7, 11) is 2.16. The van der Waals surface area contributed by atoms with Gasteiger partial charge >= 0.3 is 5.97 Å². The molecule has 0 aromatic rings. The Morgan fingerprint density at radius 1 is 1.29 bits per heavy atom. The maximum absolute atomic E-state index is 10.8. The molecule has 98 valence electrons. The van der Waals surface area contributed by atoms with Crippen molar-refractivity contribution in [1.29, 1.82) is 0 Å². The molecule has 3 nitrogen and oxygen atoms in total. The number of nitrogens with zero attached hydrogens (tertiary/aromatic N) is 1. The third-order valence-corrected chi connectivity index (χ3v) is 4.38. The number of aliphatic carboxylic acids is 1. The Balaban J connectivity index is 1.72. The minimum absolute atomic E-state index is 0.120. The van der Waals surface area contributed by atoms with Crippen LogP contribution in [0, 0.1) is 11.3 Å². The highest BCUT2D eigenvalue weighted by Gasteiger charge is 2.45. The minimum Gasteiger partial charge on any atom is -0.481 e. The van der Waals surface area contributed by atoms with Crippen LogP contribution in [0.2, 0.25) is 0 Å². The standard InChI is InChI=1S/C14H25NO2/c1-15(10-12-5-3-2-4-6-12)11-14(7-8-14)9-13(16)17/h12H,2-11H2,1H3,(H,16,17). The van der Waals surface area contributed by atoms with E-state index >= 15 is 0 Å². The summed E-state index contributed by atoms with van der Waals surface area (Å²) >= 11 is 0. The molecule has 0 aromatic heterocycles. The molecule has 0 aromatic carbocycles. The molecular weight excluding hydrogens is 214 g/mol. The lowest BCUT2D eigenvalue weighted by Crippen LogP contribution is -2.33. The quantitative estimate of drug-likeness (QED) is 0.775. The number of carboxylic acid groups (broad SMARTS) is 1. The molecule has 0 bridgehead atoms. The summed E-state index contributed by atoms with van der Waals surface area (Å²) in [6.45, 7) is 2.15. The zero-order valence-corrected chi connectivity index (χ0v) is 11.0. The van der Waals surface area contributed by atoms with Crippen molar-refractivity contribution in [3.05, 3.63) is 0 Å². The summed E-state index contributed by atoms with van der Waals surface area (Å²) in [6.07, 6.45) is 9.50. The molecule has 3 heteroatoms. The van der Waals surface area contributed by atoms with Crippen molar-refractivity contribution < 1.29 is 9.90 Å². The Labute approximate surface area is 104 Å². The van der Waals surface area contributed by atoms with E-state index in [0.717, 1.165) is 25.3 Å². The molecule has 2 rings (SSSR count). The van der Waals surface area contributed by atoms with E-state index in [1.165, 1.54) is 38.6 Å². The highest BCUT2D eigenvalue weighted by Crippen LogP contribution is 2.49. The lowest BCUT2D eigenvalue weighted by atomic mass is 9.88. The first-order valence-electron chi connectivity index (χ1n) is 7.00. The maximum atomic E-state index is 10.8. The van der Waals surface area contributed by atoms with E-state index in [1.54, 1.807) is 0 Å². The molecule has 17 heavy (non-hydrogen) atoms. The highest BCUT2D eigenvalue weighted by molar-refractivity contribution is 5.68. The molecule has 2 fully saturated rings. The van der Waals surface area contributed by atoms with Gasteiger partial charge in [-0.25, -0.2) is 0 Å². The number of hydrogen-bond donors (Lipinski definition) is 1. The number of rotatable bonds is 6. The Hall–Kier alpha value is -0.570. The van der Waals surface area contributed by atoms with Crippen LogP contribution < -0.4 is 0 Å². The minimum atomic E-state index is -0.631. The molecule has 0 spiro atoms.